The predicted octanol–water partition coefficient (Wildman–Crippen LogP) is 2.15. The summed E-state index contributed by atoms with van der Waals surface area (Å²) in [6, 6.07) is 7.71. The zero-order chi connectivity index (χ0) is 15.8. The van der Waals surface area contributed by atoms with Gasteiger partial charge in [0, 0.05) is 25.3 Å². The van der Waals surface area contributed by atoms with Crippen LogP contribution < -0.4 is 15.8 Å². The van der Waals surface area contributed by atoms with Crippen molar-refractivity contribution in [3.8, 4) is 5.75 Å². The van der Waals surface area contributed by atoms with Crippen LogP contribution in [0.2, 0.25) is 0 Å². The second-order valence-corrected chi connectivity index (χ2v) is 5.54. The molecule has 0 spiro atoms. The van der Waals surface area contributed by atoms with E-state index >= 15 is 0 Å². The highest BCUT2D eigenvalue weighted by molar-refractivity contribution is 14.0. The van der Waals surface area contributed by atoms with Gasteiger partial charge >= 0.3 is 0 Å². The van der Waals surface area contributed by atoms with E-state index in [9.17, 15) is 0 Å². The molecule has 1 fully saturated rings. The molecule has 1 aliphatic rings. The van der Waals surface area contributed by atoms with Crippen molar-refractivity contribution in [3.05, 3.63) is 24.3 Å². The number of morpholine rings is 1. The van der Waals surface area contributed by atoms with Crippen LogP contribution in [0.15, 0.2) is 29.3 Å². The average molecular weight is 434 g/mol. The third kappa shape index (κ3) is 7.85. The van der Waals surface area contributed by atoms with E-state index in [0.717, 1.165) is 44.3 Å². The highest BCUT2D eigenvalue weighted by atomic mass is 127. The molecule has 1 aromatic rings. The maximum atomic E-state index is 5.90. The normalized spacial score (nSPS) is 16.0. The number of nitrogens with zero attached hydrogens (tertiary/aromatic N) is 2. The average Bonchev–Trinajstić information content (AvgIpc) is 2.50. The largest absolute Gasteiger partial charge is 0.491 e. The van der Waals surface area contributed by atoms with Gasteiger partial charge in [-0.25, -0.2) is 0 Å². The molecule has 0 aliphatic carbocycles. The van der Waals surface area contributed by atoms with Crippen molar-refractivity contribution in [2.24, 2.45) is 10.7 Å². The molecule has 2 rings (SSSR count). The topological polar surface area (TPSA) is 72.1 Å². The number of anilines is 1. The van der Waals surface area contributed by atoms with Crippen molar-refractivity contribution in [2.45, 2.75) is 20.0 Å². The van der Waals surface area contributed by atoms with E-state index in [1.54, 1.807) is 0 Å². The minimum Gasteiger partial charge on any atom is -0.491 e. The van der Waals surface area contributed by atoms with Crippen LogP contribution in [-0.2, 0) is 4.74 Å². The first-order chi connectivity index (χ1) is 10.6. The smallest absolute Gasteiger partial charge is 0.193 e. The Morgan fingerprint density at radius 1 is 1.30 bits per heavy atom. The lowest BCUT2D eigenvalue weighted by Gasteiger charge is -2.25. The SMILES string of the molecule is CC(C)Oc1ccc(NC(N)=NCCN2CCOCC2)cc1.I. The van der Waals surface area contributed by atoms with Gasteiger partial charge in [-0.15, -0.1) is 24.0 Å². The molecule has 23 heavy (non-hydrogen) atoms. The summed E-state index contributed by atoms with van der Waals surface area (Å²) in [5.41, 5.74) is 6.81. The highest BCUT2D eigenvalue weighted by Gasteiger charge is 2.08. The number of hydrogen-bond donors (Lipinski definition) is 2. The van der Waals surface area contributed by atoms with E-state index in [0.29, 0.717) is 12.5 Å². The van der Waals surface area contributed by atoms with Gasteiger partial charge in [-0.1, -0.05) is 0 Å². The van der Waals surface area contributed by atoms with Crippen LogP contribution in [0.25, 0.3) is 0 Å². The fourth-order valence-electron chi connectivity index (χ4n) is 2.21. The molecule has 0 saturated carbocycles. The van der Waals surface area contributed by atoms with Crippen LogP contribution in [-0.4, -0.2) is 56.4 Å². The number of nitrogens with two attached hydrogens (primary N) is 1. The number of aliphatic imine (C=N–C) groups is 1. The Kier molecular flexibility index (Phi) is 9.27. The second-order valence-electron chi connectivity index (χ2n) is 5.54. The summed E-state index contributed by atoms with van der Waals surface area (Å²) >= 11 is 0. The number of nitrogens with one attached hydrogen (secondary N) is 1. The van der Waals surface area contributed by atoms with Crippen molar-refractivity contribution >= 4 is 35.6 Å². The summed E-state index contributed by atoms with van der Waals surface area (Å²) < 4.78 is 10.9. The Morgan fingerprint density at radius 3 is 2.57 bits per heavy atom. The van der Waals surface area contributed by atoms with Gasteiger partial charge in [0.1, 0.15) is 5.75 Å². The van der Waals surface area contributed by atoms with Crippen LogP contribution in [0, 0.1) is 0 Å². The Morgan fingerprint density at radius 2 is 1.96 bits per heavy atom. The third-order valence-corrected chi connectivity index (χ3v) is 3.30. The lowest BCUT2D eigenvalue weighted by Crippen LogP contribution is -2.38. The molecule has 0 amide bonds. The molecule has 1 saturated heterocycles. The van der Waals surface area contributed by atoms with Crippen molar-refractivity contribution in [1.82, 2.24) is 4.90 Å². The molecule has 6 nitrogen and oxygen atoms in total. The molecule has 1 aliphatic heterocycles. The van der Waals surface area contributed by atoms with Crippen LogP contribution in [0.4, 0.5) is 5.69 Å². The van der Waals surface area contributed by atoms with Gasteiger partial charge in [0.15, 0.2) is 5.96 Å². The standard InChI is InChI=1S/C16H26N4O2.HI/c1-13(2)22-15-5-3-14(4-6-15)19-16(17)18-7-8-20-9-11-21-12-10-20;/h3-6,13H,7-12H2,1-2H3,(H3,17,18,19);1H. The van der Waals surface area contributed by atoms with E-state index in [2.05, 4.69) is 15.2 Å². The second kappa shape index (κ2) is 10.7. The maximum Gasteiger partial charge on any atom is 0.193 e. The summed E-state index contributed by atoms with van der Waals surface area (Å²) in [6.07, 6.45) is 0.172. The molecule has 3 N–H and O–H groups in total. The van der Waals surface area contributed by atoms with Crippen molar-refractivity contribution < 1.29 is 9.47 Å². The summed E-state index contributed by atoms with van der Waals surface area (Å²) in [6.45, 7) is 9.17. The van der Waals surface area contributed by atoms with Gasteiger partial charge < -0.3 is 20.5 Å². The van der Waals surface area contributed by atoms with Gasteiger partial charge in [-0.2, -0.15) is 0 Å². The minimum atomic E-state index is 0. The number of ether oxygens (including phenoxy) is 2. The molecule has 0 atom stereocenters. The van der Waals surface area contributed by atoms with Gasteiger partial charge in [0.25, 0.3) is 0 Å². The minimum absolute atomic E-state index is 0. The third-order valence-electron chi connectivity index (χ3n) is 3.30. The number of guanidine groups is 1. The quantitative estimate of drug-likeness (QED) is 0.408. The van der Waals surface area contributed by atoms with Crippen LogP contribution in [0.1, 0.15) is 13.8 Å². The van der Waals surface area contributed by atoms with Crippen molar-refractivity contribution in [3.63, 3.8) is 0 Å². The lowest BCUT2D eigenvalue weighted by molar-refractivity contribution is 0.0394. The highest BCUT2D eigenvalue weighted by Crippen LogP contribution is 2.16. The van der Waals surface area contributed by atoms with Crippen LogP contribution in [0.5, 0.6) is 5.75 Å². The molecular weight excluding hydrogens is 407 g/mol. The molecule has 130 valence electrons. The molecule has 7 heteroatoms. The van der Waals surface area contributed by atoms with Gasteiger partial charge in [0.2, 0.25) is 0 Å². The maximum absolute atomic E-state index is 5.90. The van der Waals surface area contributed by atoms with Crippen LogP contribution >= 0.6 is 24.0 Å². The number of rotatable bonds is 6. The first-order valence-corrected chi connectivity index (χ1v) is 7.77. The first kappa shape index (κ1) is 20.0. The van der Waals surface area contributed by atoms with Crippen molar-refractivity contribution in [2.75, 3.05) is 44.7 Å². The molecule has 1 heterocycles. The van der Waals surface area contributed by atoms with E-state index in [1.165, 1.54) is 0 Å². The predicted molar refractivity (Wildman–Crippen MR) is 105 cm³/mol. The van der Waals surface area contributed by atoms with E-state index < -0.39 is 0 Å². The molecule has 0 unspecified atom stereocenters. The summed E-state index contributed by atoms with van der Waals surface area (Å²) in [7, 11) is 0. The number of halogens is 1. The van der Waals surface area contributed by atoms with E-state index in [1.807, 2.05) is 38.1 Å². The van der Waals surface area contributed by atoms with E-state index in [-0.39, 0.29) is 30.1 Å². The Hall–Kier alpha value is -1.06. The fourth-order valence-corrected chi connectivity index (χ4v) is 2.21. The number of hydrogen-bond acceptors (Lipinski definition) is 4. The van der Waals surface area contributed by atoms with Crippen molar-refractivity contribution in [1.29, 1.82) is 0 Å². The van der Waals surface area contributed by atoms with Gasteiger partial charge in [-0.05, 0) is 38.1 Å². The molecule has 0 aromatic heterocycles. The van der Waals surface area contributed by atoms with Gasteiger partial charge in [0.05, 0.1) is 25.9 Å². The monoisotopic (exact) mass is 434 g/mol. The Balaban J connectivity index is 0.00000264. The zero-order valence-electron chi connectivity index (χ0n) is 13.8. The Labute approximate surface area is 155 Å². The Bertz CT molecular complexity index is 473. The molecule has 1 aromatic carbocycles. The fraction of sp³-hybridized carbons (Fsp3) is 0.562. The van der Waals surface area contributed by atoms with E-state index in [4.69, 9.17) is 15.2 Å². The zero-order valence-corrected chi connectivity index (χ0v) is 16.2. The summed E-state index contributed by atoms with van der Waals surface area (Å²) in [4.78, 5) is 6.69. The number of benzene rings is 1. The summed E-state index contributed by atoms with van der Waals surface area (Å²) in [5.74, 6) is 1.29. The first-order valence-electron chi connectivity index (χ1n) is 7.77. The van der Waals surface area contributed by atoms with Gasteiger partial charge in [-0.3, -0.25) is 9.89 Å². The lowest BCUT2D eigenvalue weighted by atomic mass is 10.3. The molecule has 0 radical (unpaired) electrons. The molecule has 0 bridgehead atoms. The molecular formula is C16H27IN4O2. The van der Waals surface area contributed by atoms with Crippen LogP contribution in [0.3, 0.4) is 0 Å². The summed E-state index contributed by atoms with van der Waals surface area (Å²) in [5, 5.41) is 3.09.